The van der Waals surface area contributed by atoms with Crippen LogP contribution in [-0.4, -0.2) is 34.3 Å². The summed E-state index contributed by atoms with van der Waals surface area (Å²) in [5.74, 6) is 2.16. The van der Waals surface area contributed by atoms with Gasteiger partial charge in [0.25, 0.3) is 0 Å². The van der Waals surface area contributed by atoms with Crippen molar-refractivity contribution in [2.24, 2.45) is 5.92 Å². The van der Waals surface area contributed by atoms with Crippen LogP contribution in [0.1, 0.15) is 39.0 Å². The molecule has 1 aromatic heterocycles. The van der Waals surface area contributed by atoms with Crippen molar-refractivity contribution in [1.29, 1.82) is 0 Å². The number of nitrogens with one attached hydrogen (secondary N) is 2. The van der Waals surface area contributed by atoms with E-state index in [-0.39, 0.29) is 6.10 Å². The van der Waals surface area contributed by atoms with Gasteiger partial charge in [-0.3, -0.25) is 4.98 Å². The van der Waals surface area contributed by atoms with Crippen LogP contribution in [0.5, 0.6) is 0 Å². The van der Waals surface area contributed by atoms with E-state index >= 15 is 0 Å². The predicted octanol–water partition coefficient (Wildman–Crippen LogP) is 2.26. The molecular formula is C14H24N4O. The van der Waals surface area contributed by atoms with Crippen LogP contribution in [0.4, 0.5) is 11.6 Å². The molecule has 0 amide bonds. The number of aromatic nitrogens is 2. The van der Waals surface area contributed by atoms with Gasteiger partial charge in [0.05, 0.1) is 18.5 Å². The number of anilines is 2. The lowest BCUT2D eigenvalue weighted by Gasteiger charge is -2.26. The SMILES string of the molecule is CCCNc1cncc(NCC2CCCC(O)C2)n1. The van der Waals surface area contributed by atoms with Crippen molar-refractivity contribution >= 4 is 11.6 Å². The van der Waals surface area contributed by atoms with E-state index in [0.717, 1.165) is 50.4 Å². The van der Waals surface area contributed by atoms with Crippen molar-refractivity contribution in [2.45, 2.75) is 45.1 Å². The summed E-state index contributed by atoms with van der Waals surface area (Å²) < 4.78 is 0. The molecule has 0 radical (unpaired) electrons. The lowest BCUT2D eigenvalue weighted by molar-refractivity contribution is 0.104. The first-order valence-corrected chi connectivity index (χ1v) is 7.25. The van der Waals surface area contributed by atoms with Gasteiger partial charge in [-0.25, -0.2) is 4.98 Å². The smallest absolute Gasteiger partial charge is 0.146 e. The van der Waals surface area contributed by atoms with Gasteiger partial charge in [0.15, 0.2) is 0 Å². The minimum atomic E-state index is -0.121. The number of hydrogen-bond donors (Lipinski definition) is 3. The monoisotopic (exact) mass is 264 g/mol. The molecule has 5 nitrogen and oxygen atoms in total. The minimum Gasteiger partial charge on any atom is -0.393 e. The second-order valence-corrected chi connectivity index (χ2v) is 5.28. The fourth-order valence-corrected chi connectivity index (χ4v) is 2.49. The van der Waals surface area contributed by atoms with Gasteiger partial charge in [0.2, 0.25) is 0 Å². The molecule has 2 rings (SSSR count). The van der Waals surface area contributed by atoms with Gasteiger partial charge in [-0.1, -0.05) is 13.3 Å². The third-order valence-electron chi connectivity index (χ3n) is 3.52. The Hall–Kier alpha value is -1.36. The minimum absolute atomic E-state index is 0.121. The second kappa shape index (κ2) is 7.28. The van der Waals surface area contributed by atoms with Crippen LogP contribution in [-0.2, 0) is 0 Å². The zero-order valence-corrected chi connectivity index (χ0v) is 11.6. The average molecular weight is 264 g/mol. The van der Waals surface area contributed by atoms with E-state index < -0.39 is 0 Å². The maximum atomic E-state index is 9.65. The number of nitrogens with zero attached hydrogens (tertiary/aromatic N) is 2. The molecule has 106 valence electrons. The lowest BCUT2D eigenvalue weighted by atomic mass is 9.87. The number of aliphatic hydroxyl groups is 1. The van der Waals surface area contributed by atoms with Crippen LogP contribution < -0.4 is 10.6 Å². The maximum Gasteiger partial charge on any atom is 0.146 e. The predicted molar refractivity (Wildman–Crippen MR) is 77.3 cm³/mol. The van der Waals surface area contributed by atoms with E-state index in [1.165, 1.54) is 6.42 Å². The molecule has 2 atom stereocenters. The van der Waals surface area contributed by atoms with Crippen molar-refractivity contribution in [1.82, 2.24) is 9.97 Å². The Morgan fingerprint density at radius 2 is 2.05 bits per heavy atom. The van der Waals surface area contributed by atoms with E-state index in [2.05, 4.69) is 27.5 Å². The molecule has 0 bridgehead atoms. The van der Waals surface area contributed by atoms with Crippen molar-refractivity contribution in [3.8, 4) is 0 Å². The number of rotatable bonds is 6. The molecule has 0 saturated heterocycles. The first-order chi connectivity index (χ1) is 9.28. The fraction of sp³-hybridized carbons (Fsp3) is 0.714. The molecule has 0 spiro atoms. The first-order valence-electron chi connectivity index (χ1n) is 7.25. The Balaban J connectivity index is 1.81. The zero-order chi connectivity index (χ0) is 13.5. The topological polar surface area (TPSA) is 70.1 Å². The lowest BCUT2D eigenvalue weighted by Crippen LogP contribution is -2.25. The van der Waals surface area contributed by atoms with Gasteiger partial charge < -0.3 is 15.7 Å². The molecule has 5 heteroatoms. The third kappa shape index (κ3) is 4.67. The highest BCUT2D eigenvalue weighted by molar-refractivity contribution is 5.41. The Kier molecular flexibility index (Phi) is 5.39. The number of aliphatic hydroxyl groups excluding tert-OH is 1. The van der Waals surface area contributed by atoms with Crippen molar-refractivity contribution in [2.75, 3.05) is 23.7 Å². The maximum absolute atomic E-state index is 9.65. The van der Waals surface area contributed by atoms with E-state index in [4.69, 9.17) is 0 Å². The van der Waals surface area contributed by atoms with Gasteiger partial charge >= 0.3 is 0 Å². The normalized spacial score (nSPS) is 23.1. The summed E-state index contributed by atoms with van der Waals surface area (Å²) in [6.45, 7) is 3.90. The molecule has 2 unspecified atom stereocenters. The highest BCUT2D eigenvalue weighted by atomic mass is 16.3. The molecule has 1 aliphatic carbocycles. The molecule has 3 N–H and O–H groups in total. The zero-order valence-electron chi connectivity index (χ0n) is 11.6. The summed E-state index contributed by atoms with van der Waals surface area (Å²) in [5.41, 5.74) is 0. The molecule has 1 fully saturated rings. The quantitative estimate of drug-likeness (QED) is 0.735. The summed E-state index contributed by atoms with van der Waals surface area (Å²) in [4.78, 5) is 8.65. The van der Waals surface area contributed by atoms with Crippen molar-refractivity contribution < 1.29 is 5.11 Å². The standard InChI is InChI=1S/C14H24N4O/c1-2-6-16-13-9-15-10-14(18-13)17-8-11-4-3-5-12(19)7-11/h9-12,19H,2-8H2,1H3,(H2,16,17,18). The van der Waals surface area contributed by atoms with Crippen LogP contribution in [0.25, 0.3) is 0 Å². The van der Waals surface area contributed by atoms with Crippen LogP contribution in [0.2, 0.25) is 0 Å². The van der Waals surface area contributed by atoms with E-state index in [1.54, 1.807) is 12.4 Å². The van der Waals surface area contributed by atoms with Crippen LogP contribution in [0, 0.1) is 5.92 Å². The first kappa shape index (κ1) is 14.1. The average Bonchev–Trinajstić information content (AvgIpc) is 2.43. The molecule has 19 heavy (non-hydrogen) atoms. The van der Waals surface area contributed by atoms with E-state index in [1.807, 2.05) is 0 Å². The molecule has 0 aliphatic heterocycles. The summed E-state index contributed by atoms with van der Waals surface area (Å²) in [6, 6.07) is 0. The van der Waals surface area contributed by atoms with Gasteiger partial charge in [-0.05, 0) is 31.6 Å². The van der Waals surface area contributed by atoms with Gasteiger partial charge in [0, 0.05) is 13.1 Å². The Labute approximate surface area is 114 Å². The molecule has 1 aromatic rings. The van der Waals surface area contributed by atoms with Crippen LogP contribution in [0.15, 0.2) is 12.4 Å². The van der Waals surface area contributed by atoms with E-state index in [9.17, 15) is 5.11 Å². The second-order valence-electron chi connectivity index (χ2n) is 5.28. The fourth-order valence-electron chi connectivity index (χ4n) is 2.49. The molecule has 1 heterocycles. The van der Waals surface area contributed by atoms with Crippen LogP contribution >= 0.6 is 0 Å². The summed E-state index contributed by atoms with van der Waals surface area (Å²) >= 11 is 0. The highest BCUT2D eigenvalue weighted by Gasteiger charge is 2.19. The largest absolute Gasteiger partial charge is 0.393 e. The van der Waals surface area contributed by atoms with Crippen LogP contribution in [0.3, 0.4) is 0 Å². The summed E-state index contributed by atoms with van der Waals surface area (Å²) in [7, 11) is 0. The molecule has 0 aromatic carbocycles. The van der Waals surface area contributed by atoms with Gasteiger partial charge in [-0.2, -0.15) is 0 Å². The Morgan fingerprint density at radius 1 is 1.26 bits per heavy atom. The summed E-state index contributed by atoms with van der Waals surface area (Å²) in [6.07, 6.45) is 8.59. The highest BCUT2D eigenvalue weighted by Crippen LogP contribution is 2.24. The third-order valence-corrected chi connectivity index (χ3v) is 3.52. The van der Waals surface area contributed by atoms with Gasteiger partial charge in [-0.15, -0.1) is 0 Å². The molecule has 1 saturated carbocycles. The Morgan fingerprint density at radius 3 is 2.79 bits per heavy atom. The van der Waals surface area contributed by atoms with Crippen molar-refractivity contribution in [3.63, 3.8) is 0 Å². The Bertz CT molecular complexity index is 385. The number of hydrogen-bond acceptors (Lipinski definition) is 5. The molecular weight excluding hydrogens is 240 g/mol. The van der Waals surface area contributed by atoms with E-state index in [0.29, 0.717) is 5.92 Å². The molecule has 1 aliphatic rings. The van der Waals surface area contributed by atoms with Crippen molar-refractivity contribution in [3.05, 3.63) is 12.4 Å². The summed E-state index contributed by atoms with van der Waals surface area (Å²) in [5, 5.41) is 16.2. The van der Waals surface area contributed by atoms with Gasteiger partial charge in [0.1, 0.15) is 11.6 Å².